The smallest absolute Gasteiger partial charge is 0.253 e. The van der Waals surface area contributed by atoms with Gasteiger partial charge >= 0.3 is 0 Å². The fraction of sp³-hybridized carbons (Fsp3) is 0.375. The van der Waals surface area contributed by atoms with Crippen molar-refractivity contribution in [1.29, 1.82) is 0 Å². The van der Waals surface area contributed by atoms with Gasteiger partial charge in [0.2, 0.25) is 0 Å². The fourth-order valence-electron chi connectivity index (χ4n) is 2.54. The van der Waals surface area contributed by atoms with E-state index in [4.69, 9.17) is 11.6 Å². The summed E-state index contributed by atoms with van der Waals surface area (Å²) in [6.07, 6.45) is 6.33. The van der Waals surface area contributed by atoms with Gasteiger partial charge in [-0.15, -0.1) is 0 Å². The molecule has 0 saturated heterocycles. The Morgan fingerprint density at radius 3 is 2.86 bits per heavy atom. The van der Waals surface area contributed by atoms with Crippen LogP contribution in [0.5, 0.6) is 0 Å². The van der Waals surface area contributed by atoms with Crippen LogP contribution in [0.2, 0.25) is 5.02 Å². The summed E-state index contributed by atoms with van der Waals surface area (Å²) >= 11 is 6.01. The normalized spacial score (nSPS) is 17.0. The van der Waals surface area contributed by atoms with E-state index in [0.717, 1.165) is 19.4 Å². The maximum atomic E-state index is 12.1. The number of imidazole rings is 1. The summed E-state index contributed by atoms with van der Waals surface area (Å²) in [6.45, 7) is 1.38. The topological polar surface area (TPSA) is 67.2 Å². The Hall–Kier alpha value is -1.85. The van der Waals surface area contributed by atoms with Crippen molar-refractivity contribution in [2.75, 3.05) is 6.54 Å². The van der Waals surface area contributed by atoms with Crippen molar-refractivity contribution in [3.8, 4) is 0 Å². The van der Waals surface area contributed by atoms with E-state index in [1.807, 2.05) is 10.8 Å². The van der Waals surface area contributed by atoms with Crippen molar-refractivity contribution >= 4 is 17.5 Å². The number of amides is 1. The molecule has 0 radical (unpaired) electrons. The van der Waals surface area contributed by atoms with Crippen LogP contribution in [-0.4, -0.2) is 27.1 Å². The molecule has 1 aliphatic carbocycles. The molecule has 0 spiro atoms. The number of rotatable bonds is 6. The van der Waals surface area contributed by atoms with Crippen LogP contribution >= 0.6 is 11.6 Å². The summed E-state index contributed by atoms with van der Waals surface area (Å²) in [5.41, 5.74) is 0.512. The van der Waals surface area contributed by atoms with Gasteiger partial charge in [0, 0.05) is 41.5 Å². The van der Waals surface area contributed by atoms with E-state index in [0.29, 0.717) is 17.1 Å². The minimum atomic E-state index is -1.24. The minimum Gasteiger partial charge on any atom is -0.378 e. The van der Waals surface area contributed by atoms with Crippen LogP contribution in [0.3, 0.4) is 0 Å². The number of aliphatic hydroxyl groups excluding tert-OH is 1. The predicted molar refractivity (Wildman–Crippen MR) is 83.3 cm³/mol. The van der Waals surface area contributed by atoms with Crippen molar-refractivity contribution < 1.29 is 9.90 Å². The van der Waals surface area contributed by atoms with Crippen molar-refractivity contribution in [3.05, 3.63) is 53.6 Å². The number of nitrogens with one attached hydrogen (secondary N) is 1. The second-order valence-electron chi connectivity index (χ2n) is 5.88. The molecular formula is C16H18ClN3O2. The van der Waals surface area contributed by atoms with E-state index in [9.17, 15) is 9.90 Å². The van der Waals surface area contributed by atoms with E-state index in [1.54, 1.807) is 36.8 Å². The summed E-state index contributed by atoms with van der Waals surface area (Å²) in [4.78, 5) is 16.2. The largest absolute Gasteiger partial charge is 0.378 e. The number of nitrogens with zero attached hydrogens (tertiary/aromatic N) is 2. The fourth-order valence-corrected chi connectivity index (χ4v) is 2.78. The van der Waals surface area contributed by atoms with Gasteiger partial charge in [-0.3, -0.25) is 4.79 Å². The highest BCUT2D eigenvalue weighted by Gasteiger charge is 2.43. The lowest BCUT2D eigenvalue weighted by molar-refractivity contribution is -0.129. The van der Waals surface area contributed by atoms with Crippen molar-refractivity contribution in [1.82, 2.24) is 14.9 Å². The lowest BCUT2D eigenvalue weighted by Crippen LogP contribution is -2.35. The second-order valence-corrected chi connectivity index (χ2v) is 6.28. The third-order valence-electron chi connectivity index (χ3n) is 4.12. The second kappa shape index (κ2) is 6.10. The summed E-state index contributed by atoms with van der Waals surface area (Å²) in [5, 5.41) is 13.4. The molecule has 3 rings (SSSR count). The van der Waals surface area contributed by atoms with E-state index in [2.05, 4.69) is 10.3 Å². The number of benzene rings is 1. The van der Waals surface area contributed by atoms with E-state index < -0.39 is 12.0 Å². The number of hydrogen-bond acceptors (Lipinski definition) is 3. The molecule has 1 amide bonds. The van der Waals surface area contributed by atoms with Gasteiger partial charge in [-0.25, -0.2) is 4.98 Å². The molecule has 2 N–H and O–H groups in total. The highest BCUT2D eigenvalue weighted by Crippen LogP contribution is 2.46. The highest BCUT2D eigenvalue weighted by molar-refractivity contribution is 6.31. The number of carbonyl (C=O) groups is 1. The Labute approximate surface area is 133 Å². The van der Waals surface area contributed by atoms with Crippen LogP contribution in [0, 0.1) is 5.41 Å². The lowest BCUT2D eigenvalue weighted by Gasteiger charge is -2.18. The molecule has 1 saturated carbocycles. The molecule has 1 fully saturated rings. The number of hydrogen-bond donors (Lipinski definition) is 2. The molecule has 1 atom stereocenters. The first-order valence-electron chi connectivity index (χ1n) is 7.26. The molecule has 1 heterocycles. The van der Waals surface area contributed by atoms with Crippen LogP contribution in [0.1, 0.15) is 24.5 Å². The SMILES string of the molecule is O=C(NCC1(Cn2ccnc2)CC1)[C@H](O)c1ccccc1Cl. The maximum Gasteiger partial charge on any atom is 0.253 e. The van der Waals surface area contributed by atoms with E-state index >= 15 is 0 Å². The Kier molecular flexibility index (Phi) is 4.18. The van der Waals surface area contributed by atoms with Gasteiger partial charge in [0.1, 0.15) is 0 Å². The monoisotopic (exact) mass is 319 g/mol. The number of aromatic nitrogens is 2. The molecule has 0 aliphatic heterocycles. The molecule has 116 valence electrons. The number of aliphatic hydroxyl groups is 1. The molecule has 5 nitrogen and oxygen atoms in total. The van der Waals surface area contributed by atoms with Gasteiger partial charge in [-0.05, 0) is 18.9 Å². The first kappa shape index (κ1) is 15.1. The van der Waals surface area contributed by atoms with Crippen molar-refractivity contribution in [2.45, 2.75) is 25.5 Å². The standard InChI is InChI=1S/C16H18ClN3O2/c17-13-4-2-1-3-12(13)14(21)15(22)19-9-16(5-6-16)10-20-8-7-18-11-20/h1-4,7-8,11,14,21H,5-6,9-10H2,(H,19,22)/t14-/m1/s1. The van der Waals surface area contributed by atoms with Gasteiger partial charge in [0.15, 0.2) is 6.10 Å². The summed E-state index contributed by atoms with van der Waals surface area (Å²) in [5.74, 6) is -0.412. The quantitative estimate of drug-likeness (QED) is 0.857. The molecule has 0 bridgehead atoms. The zero-order valence-electron chi connectivity index (χ0n) is 12.1. The van der Waals surface area contributed by atoms with Crippen molar-refractivity contribution in [3.63, 3.8) is 0 Å². The maximum absolute atomic E-state index is 12.1. The van der Waals surface area contributed by atoms with E-state index in [1.165, 1.54) is 0 Å². The zero-order valence-corrected chi connectivity index (χ0v) is 12.8. The Balaban J connectivity index is 1.57. The Bertz CT molecular complexity index is 653. The van der Waals surface area contributed by atoms with Gasteiger partial charge < -0.3 is 15.0 Å². The van der Waals surface area contributed by atoms with Gasteiger partial charge in [-0.2, -0.15) is 0 Å². The summed E-state index contributed by atoms with van der Waals surface area (Å²) in [7, 11) is 0. The van der Waals surface area contributed by atoms with Gasteiger partial charge in [-0.1, -0.05) is 29.8 Å². The van der Waals surface area contributed by atoms with Crippen LogP contribution in [0.25, 0.3) is 0 Å². The highest BCUT2D eigenvalue weighted by atomic mass is 35.5. The van der Waals surface area contributed by atoms with Crippen LogP contribution in [0.15, 0.2) is 43.0 Å². The lowest BCUT2D eigenvalue weighted by atomic mass is 10.1. The average molecular weight is 320 g/mol. The average Bonchev–Trinajstić information content (AvgIpc) is 3.08. The Morgan fingerprint density at radius 2 is 2.23 bits per heavy atom. The molecule has 1 aliphatic rings. The number of halogens is 1. The zero-order chi connectivity index (χ0) is 15.6. The van der Waals surface area contributed by atoms with Crippen LogP contribution in [0.4, 0.5) is 0 Å². The molecule has 2 aromatic rings. The molecule has 0 unspecified atom stereocenters. The molecule has 6 heteroatoms. The van der Waals surface area contributed by atoms with E-state index in [-0.39, 0.29) is 5.41 Å². The molecule has 1 aromatic heterocycles. The third kappa shape index (κ3) is 3.31. The molecule has 22 heavy (non-hydrogen) atoms. The van der Waals surface area contributed by atoms with Gasteiger partial charge in [0.25, 0.3) is 5.91 Å². The number of carbonyl (C=O) groups excluding carboxylic acids is 1. The predicted octanol–water partition coefficient (Wildman–Crippen LogP) is 2.17. The van der Waals surface area contributed by atoms with Crippen LogP contribution < -0.4 is 5.32 Å². The minimum absolute atomic E-state index is 0.0799. The first-order chi connectivity index (χ1) is 10.6. The van der Waals surface area contributed by atoms with Crippen molar-refractivity contribution in [2.24, 2.45) is 5.41 Å². The Morgan fingerprint density at radius 1 is 1.45 bits per heavy atom. The van der Waals surface area contributed by atoms with Crippen LogP contribution in [-0.2, 0) is 11.3 Å². The third-order valence-corrected chi connectivity index (χ3v) is 4.46. The van der Waals surface area contributed by atoms with Gasteiger partial charge in [0.05, 0.1) is 6.33 Å². The first-order valence-corrected chi connectivity index (χ1v) is 7.63. The molecular weight excluding hydrogens is 302 g/mol. The molecule has 1 aromatic carbocycles. The summed E-state index contributed by atoms with van der Waals surface area (Å²) < 4.78 is 2.02. The summed E-state index contributed by atoms with van der Waals surface area (Å²) in [6, 6.07) is 6.83.